The van der Waals surface area contributed by atoms with Crippen molar-refractivity contribution in [3.05, 3.63) is 10.4 Å². The molecule has 6 heteroatoms. The standard InChI is InChI=1S/C6H12N6/c7-6-1-5(9-3-6)2-12(6)4-10-11-8/h5,9H,1-4,7H2/t5?,6-/m1/s1. The van der Waals surface area contributed by atoms with Crippen LogP contribution in [0.4, 0.5) is 0 Å². The molecular weight excluding hydrogens is 156 g/mol. The van der Waals surface area contributed by atoms with E-state index in [0.29, 0.717) is 12.7 Å². The van der Waals surface area contributed by atoms with Gasteiger partial charge < -0.3 is 11.1 Å². The normalized spacial score (nSPS) is 39.9. The summed E-state index contributed by atoms with van der Waals surface area (Å²) in [7, 11) is 0. The maximum absolute atomic E-state index is 8.16. The molecule has 2 aliphatic heterocycles. The monoisotopic (exact) mass is 168 g/mol. The molecule has 0 aromatic heterocycles. The molecule has 0 aromatic rings. The highest BCUT2D eigenvalue weighted by molar-refractivity contribution is 5.05. The van der Waals surface area contributed by atoms with Gasteiger partial charge in [0.15, 0.2) is 0 Å². The Kier molecular flexibility index (Phi) is 1.69. The van der Waals surface area contributed by atoms with E-state index in [1.165, 1.54) is 0 Å². The van der Waals surface area contributed by atoms with E-state index < -0.39 is 0 Å². The van der Waals surface area contributed by atoms with E-state index in [1.54, 1.807) is 0 Å². The quantitative estimate of drug-likeness (QED) is 0.333. The number of hydrogen-bond donors (Lipinski definition) is 2. The smallest absolute Gasteiger partial charge is 0.0832 e. The third-order valence-corrected chi connectivity index (χ3v) is 2.66. The van der Waals surface area contributed by atoms with E-state index in [1.807, 2.05) is 4.90 Å². The largest absolute Gasteiger partial charge is 0.312 e. The van der Waals surface area contributed by atoms with Gasteiger partial charge in [0.25, 0.3) is 0 Å². The Balaban J connectivity index is 2.04. The number of nitrogens with two attached hydrogens (primary N) is 1. The van der Waals surface area contributed by atoms with Gasteiger partial charge in [0.05, 0.1) is 12.3 Å². The first-order valence-electron chi connectivity index (χ1n) is 4.03. The molecule has 12 heavy (non-hydrogen) atoms. The summed E-state index contributed by atoms with van der Waals surface area (Å²) >= 11 is 0. The predicted octanol–water partition coefficient (Wildman–Crippen LogP) is -0.413. The summed E-state index contributed by atoms with van der Waals surface area (Å²) in [5.41, 5.74) is 14.0. The van der Waals surface area contributed by atoms with E-state index in [-0.39, 0.29) is 5.66 Å². The van der Waals surface area contributed by atoms with Crippen molar-refractivity contribution in [1.82, 2.24) is 10.2 Å². The van der Waals surface area contributed by atoms with Crippen molar-refractivity contribution in [2.24, 2.45) is 10.8 Å². The van der Waals surface area contributed by atoms with E-state index in [4.69, 9.17) is 11.3 Å². The molecule has 2 bridgehead atoms. The number of hydrogen-bond acceptors (Lipinski definition) is 4. The summed E-state index contributed by atoms with van der Waals surface area (Å²) in [6.45, 7) is 2.10. The summed E-state index contributed by atoms with van der Waals surface area (Å²) in [4.78, 5) is 4.76. The molecule has 1 unspecified atom stereocenters. The number of azide groups is 1. The van der Waals surface area contributed by atoms with Gasteiger partial charge in [0.1, 0.15) is 0 Å². The van der Waals surface area contributed by atoms with Crippen LogP contribution < -0.4 is 11.1 Å². The number of nitrogens with one attached hydrogen (secondary N) is 1. The molecule has 0 aliphatic carbocycles. The summed E-state index contributed by atoms with van der Waals surface area (Å²) in [5.74, 6) is 0. The summed E-state index contributed by atoms with van der Waals surface area (Å²) in [6.07, 6.45) is 0.966. The van der Waals surface area contributed by atoms with E-state index >= 15 is 0 Å². The number of nitrogens with zero attached hydrogens (tertiary/aromatic N) is 4. The molecule has 0 radical (unpaired) electrons. The Labute approximate surface area is 70.3 Å². The topological polar surface area (TPSA) is 90.1 Å². The van der Waals surface area contributed by atoms with Crippen molar-refractivity contribution >= 4 is 0 Å². The lowest BCUT2D eigenvalue weighted by Crippen LogP contribution is -2.58. The van der Waals surface area contributed by atoms with Crippen LogP contribution in [-0.4, -0.2) is 36.4 Å². The van der Waals surface area contributed by atoms with Crippen molar-refractivity contribution in [2.75, 3.05) is 19.8 Å². The Hall–Kier alpha value is -0.810. The summed E-state index contributed by atoms with van der Waals surface area (Å²) in [5, 5.41) is 6.82. The Morgan fingerprint density at radius 1 is 1.83 bits per heavy atom. The van der Waals surface area contributed by atoms with Crippen molar-refractivity contribution in [1.29, 1.82) is 0 Å². The highest BCUT2D eigenvalue weighted by Crippen LogP contribution is 2.29. The molecule has 0 spiro atoms. The Morgan fingerprint density at radius 2 is 2.67 bits per heavy atom. The first-order valence-corrected chi connectivity index (χ1v) is 4.03. The average molecular weight is 168 g/mol. The SMILES string of the molecule is [N-]=[N+]=NCN1CC2C[C@]1(N)CN2. The maximum Gasteiger partial charge on any atom is 0.0832 e. The first-order chi connectivity index (χ1) is 5.74. The van der Waals surface area contributed by atoms with Gasteiger partial charge in [-0.3, -0.25) is 4.90 Å². The molecule has 0 amide bonds. The van der Waals surface area contributed by atoms with Crippen molar-refractivity contribution in [3.8, 4) is 0 Å². The maximum atomic E-state index is 8.16. The number of fused-ring (bicyclic) bond motifs is 2. The molecule has 66 valence electrons. The highest BCUT2D eigenvalue weighted by atomic mass is 15.4. The second kappa shape index (κ2) is 2.60. The minimum Gasteiger partial charge on any atom is -0.312 e. The second-order valence-corrected chi connectivity index (χ2v) is 3.48. The van der Waals surface area contributed by atoms with Crippen LogP contribution in [0, 0.1) is 0 Å². The fraction of sp³-hybridized carbons (Fsp3) is 1.00. The molecule has 3 N–H and O–H groups in total. The lowest BCUT2D eigenvalue weighted by Gasteiger charge is -2.34. The zero-order valence-corrected chi connectivity index (χ0v) is 6.77. The van der Waals surface area contributed by atoms with Crippen LogP contribution in [0.15, 0.2) is 5.11 Å². The van der Waals surface area contributed by atoms with Gasteiger partial charge in [-0.25, -0.2) is 0 Å². The molecule has 0 saturated carbocycles. The van der Waals surface area contributed by atoms with Gasteiger partial charge >= 0.3 is 0 Å². The van der Waals surface area contributed by atoms with Gasteiger partial charge in [-0.1, -0.05) is 5.11 Å². The van der Waals surface area contributed by atoms with Gasteiger partial charge in [0.2, 0.25) is 0 Å². The number of likely N-dealkylation sites (tertiary alicyclic amines) is 1. The third-order valence-electron chi connectivity index (χ3n) is 2.66. The van der Waals surface area contributed by atoms with E-state index in [9.17, 15) is 0 Å². The molecule has 2 rings (SSSR count). The molecule has 2 atom stereocenters. The zero-order valence-electron chi connectivity index (χ0n) is 6.77. The predicted molar refractivity (Wildman–Crippen MR) is 44.0 cm³/mol. The van der Waals surface area contributed by atoms with Gasteiger partial charge in [-0.2, -0.15) is 0 Å². The lowest BCUT2D eigenvalue weighted by molar-refractivity contribution is 0.137. The highest BCUT2D eigenvalue weighted by Gasteiger charge is 2.47. The molecule has 2 fully saturated rings. The lowest BCUT2D eigenvalue weighted by atomic mass is 10.1. The molecule has 2 aliphatic rings. The van der Waals surface area contributed by atoms with Gasteiger partial charge in [0, 0.05) is 24.0 Å². The summed E-state index contributed by atoms with van der Waals surface area (Å²) < 4.78 is 0. The Morgan fingerprint density at radius 3 is 3.17 bits per heavy atom. The second-order valence-electron chi connectivity index (χ2n) is 3.48. The van der Waals surface area contributed by atoms with Crippen LogP contribution in [0.3, 0.4) is 0 Å². The molecule has 2 heterocycles. The van der Waals surface area contributed by atoms with Crippen molar-refractivity contribution in [3.63, 3.8) is 0 Å². The van der Waals surface area contributed by atoms with E-state index in [2.05, 4.69) is 15.3 Å². The van der Waals surface area contributed by atoms with Gasteiger partial charge in [-0.05, 0) is 12.0 Å². The fourth-order valence-electron chi connectivity index (χ4n) is 2.01. The van der Waals surface area contributed by atoms with Gasteiger partial charge in [-0.15, -0.1) is 0 Å². The molecule has 2 saturated heterocycles. The van der Waals surface area contributed by atoms with Crippen LogP contribution in [0.1, 0.15) is 6.42 Å². The molecule has 0 aromatic carbocycles. The Bertz CT molecular complexity index is 234. The zero-order chi connectivity index (χ0) is 8.60. The third kappa shape index (κ3) is 1.05. The van der Waals surface area contributed by atoms with Crippen LogP contribution in [0.5, 0.6) is 0 Å². The minimum atomic E-state index is -0.265. The van der Waals surface area contributed by atoms with E-state index in [0.717, 1.165) is 19.5 Å². The molecular formula is C6H12N6. The molecule has 6 nitrogen and oxygen atoms in total. The average Bonchev–Trinajstić information content (AvgIpc) is 2.55. The van der Waals surface area contributed by atoms with Crippen molar-refractivity contribution in [2.45, 2.75) is 18.1 Å². The van der Waals surface area contributed by atoms with Crippen LogP contribution in [0.25, 0.3) is 10.4 Å². The number of piperazine rings is 1. The van der Waals surface area contributed by atoms with Crippen LogP contribution >= 0.6 is 0 Å². The number of rotatable bonds is 2. The fourth-order valence-corrected chi connectivity index (χ4v) is 2.01. The van der Waals surface area contributed by atoms with Crippen LogP contribution in [0.2, 0.25) is 0 Å². The van der Waals surface area contributed by atoms with Crippen LogP contribution in [-0.2, 0) is 0 Å². The summed E-state index contributed by atoms with van der Waals surface area (Å²) in [6, 6.07) is 0.490. The van der Waals surface area contributed by atoms with Crippen molar-refractivity contribution < 1.29 is 0 Å². The first kappa shape index (κ1) is 7.82. The minimum absolute atomic E-state index is 0.265.